The molecule has 0 N–H and O–H groups in total. The predicted molar refractivity (Wildman–Crippen MR) is 57.7 cm³/mol. The third kappa shape index (κ3) is 2.08. The van der Waals surface area contributed by atoms with E-state index in [1.807, 2.05) is 0 Å². The molecule has 2 saturated carbocycles. The Bertz CT molecular complexity index is 146. The first-order chi connectivity index (χ1) is 6.42. The second-order valence-electron chi connectivity index (χ2n) is 5.19. The van der Waals surface area contributed by atoms with E-state index in [0.717, 1.165) is 17.8 Å². The fourth-order valence-corrected chi connectivity index (χ4v) is 3.80. The third-order valence-corrected chi connectivity index (χ3v) is 4.38. The molecule has 0 aromatic carbocycles. The van der Waals surface area contributed by atoms with Gasteiger partial charge in [-0.15, -0.1) is 0 Å². The van der Waals surface area contributed by atoms with Gasteiger partial charge in [-0.05, 0) is 24.2 Å². The van der Waals surface area contributed by atoms with Crippen LogP contribution < -0.4 is 0 Å². The first kappa shape index (κ1) is 9.55. The van der Waals surface area contributed by atoms with Crippen molar-refractivity contribution in [2.75, 3.05) is 0 Å². The first-order valence-corrected chi connectivity index (χ1v) is 6.42. The summed E-state index contributed by atoms with van der Waals surface area (Å²) in [5, 5.41) is 0. The van der Waals surface area contributed by atoms with Crippen LogP contribution in [0.2, 0.25) is 0 Å². The van der Waals surface area contributed by atoms with Gasteiger partial charge in [0.1, 0.15) is 0 Å². The molecule has 76 valence electrons. The van der Waals surface area contributed by atoms with Gasteiger partial charge >= 0.3 is 0 Å². The van der Waals surface area contributed by atoms with E-state index in [4.69, 9.17) is 0 Å². The van der Waals surface area contributed by atoms with Crippen LogP contribution in [0, 0.1) is 17.8 Å². The molecule has 3 unspecified atom stereocenters. The van der Waals surface area contributed by atoms with Crippen molar-refractivity contribution in [3.05, 3.63) is 0 Å². The zero-order valence-corrected chi connectivity index (χ0v) is 9.10. The van der Waals surface area contributed by atoms with Gasteiger partial charge < -0.3 is 0 Å². The van der Waals surface area contributed by atoms with Crippen LogP contribution in [0.3, 0.4) is 0 Å². The van der Waals surface area contributed by atoms with Gasteiger partial charge in [-0.3, -0.25) is 0 Å². The molecule has 0 aliphatic heterocycles. The molecule has 3 atom stereocenters. The van der Waals surface area contributed by atoms with Crippen LogP contribution in [-0.4, -0.2) is 0 Å². The highest BCUT2D eigenvalue weighted by molar-refractivity contribution is 4.84. The first-order valence-electron chi connectivity index (χ1n) is 6.42. The fourth-order valence-electron chi connectivity index (χ4n) is 3.80. The highest BCUT2D eigenvalue weighted by atomic mass is 14.4. The molecule has 2 rings (SSSR count). The Kier molecular flexibility index (Phi) is 3.29. The summed E-state index contributed by atoms with van der Waals surface area (Å²) >= 11 is 0. The maximum Gasteiger partial charge on any atom is -0.0357 e. The Morgan fingerprint density at radius 3 is 2.54 bits per heavy atom. The van der Waals surface area contributed by atoms with Gasteiger partial charge in [0.2, 0.25) is 0 Å². The zero-order chi connectivity index (χ0) is 9.10. The number of fused-ring (bicyclic) bond motifs is 1. The quantitative estimate of drug-likeness (QED) is 0.591. The monoisotopic (exact) mass is 180 g/mol. The molecule has 0 aromatic rings. The Labute approximate surface area is 83.1 Å². The van der Waals surface area contributed by atoms with Crippen molar-refractivity contribution in [3.63, 3.8) is 0 Å². The number of rotatable bonds is 2. The van der Waals surface area contributed by atoms with Crippen LogP contribution in [0.4, 0.5) is 0 Å². The molecule has 0 heterocycles. The van der Waals surface area contributed by atoms with Gasteiger partial charge in [-0.25, -0.2) is 0 Å². The van der Waals surface area contributed by atoms with Crippen molar-refractivity contribution in [2.45, 2.75) is 64.7 Å². The van der Waals surface area contributed by atoms with Crippen LogP contribution in [0.5, 0.6) is 0 Å². The van der Waals surface area contributed by atoms with Crippen molar-refractivity contribution in [1.82, 2.24) is 0 Å². The van der Waals surface area contributed by atoms with E-state index < -0.39 is 0 Å². The van der Waals surface area contributed by atoms with Crippen molar-refractivity contribution in [2.24, 2.45) is 17.8 Å². The molecule has 13 heavy (non-hydrogen) atoms. The normalized spacial score (nSPS) is 39.9. The molecular formula is C13H24. The van der Waals surface area contributed by atoms with E-state index in [0.29, 0.717) is 0 Å². The molecule has 0 radical (unpaired) electrons. The third-order valence-electron chi connectivity index (χ3n) is 4.38. The lowest BCUT2D eigenvalue weighted by atomic mass is 9.64. The summed E-state index contributed by atoms with van der Waals surface area (Å²) in [6.45, 7) is 2.35. The van der Waals surface area contributed by atoms with Crippen LogP contribution in [0.1, 0.15) is 64.7 Å². The molecule has 0 bridgehead atoms. The molecule has 0 nitrogen and oxygen atoms in total. The Hall–Kier alpha value is 0. The molecular weight excluding hydrogens is 156 g/mol. The SMILES string of the molecule is CCCC1CCCC2CCCCC12. The van der Waals surface area contributed by atoms with E-state index in [1.165, 1.54) is 32.1 Å². The zero-order valence-electron chi connectivity index (χ0n) is 9.10. The number of hydrogen-bond acceptors (Lipinski definition) is 0. The Balaban J connectivity index is 1.94. The summed E-state index contributed by atoms with van der Waals surface area (Å²) in [7, 11) is 0. The van der Waals surface area contributed by atoms with Gasteiger partial charge in [0.05, 0.1) is 0 Å². The summed E-state index contributed by atoms with van der Waals surface area (Å²) in [6.07, 6.45) is 13.8. The molecule has 2 aliphatic carbocycles. The maximum atomic E-state index is 2.35. The second-order valence-corrected chi connectivity index (χ2v) is 5.19. The van der Waals surface area contributed by atoms with Gasteiger partial charge in [0.25, 0.3) is 0 Å². The van der Waals surface area contributed by atoms with E-state index >= 15 is 0 Å². The highest BCUT2D eigenvalue weighted by Crippen LogP contribution is 2.45. The standard InChI is InChI=1S/C13H24/c1-2-6-11-8-5-9-12-7-3-4-10-13(11)12/h11-13H,2-10H2,1H3. The van der Waals surface area contributed by atoms with E-state index in [2.05, 4.69) is 6.92 Å². The van der Waals surface area contributed by atoms with Crippen LogP contribution >= 0.6 is 0 Å². The lowest BCUT2D eigenvalue weighted by molar-refractivity contribution is 0.0975. The molecule has 0 aromatic heterocycles. The van der Waals surface area contributed by atoms with Crippen molar-refractivity contribution in [1.29, 1.82) is 0 Å². The minimum absolute atomic E-state index is 1.11. The fraction of sp³-hybridized carbons (Fsp3) is 1.00. The minimum Gasteiger partial charge on any atom is -0.0654 e. The number of hydrogen-bond donors (Lipinski definition) is 0. The average molecular weight is 180 g/mol. The largest absolute Gasteiger partial charge is 0.0654 e. The van der Waals surface area contributed by atoms with Crippen LogP contribution in [-0.2, 0) is 0 Å². The molecule has 0 heteroatoms. The summed E-state index contributed by atoms with van der Waals surface area (Å²) in [4.78, 5) is 0. The summed E-state index contributed by atoms with van der Waals surface area (Å²) in [6, 6.07) is 0. The topological polar surface area (TPSA) is 0 Å². The summed E-state index contributed by atoms with van der Waals surface area (Å²) in [5.74, 6) is 3.39. The van der Waals surface area contributed by atoms with Gasteiger partial charge in [0.15, 0.2) is 0 Å². The maximum absolute atomic E-state index is 2.35. The smallest absolute Gasteiger partial charge is 0.0357 e. The average Bonchev–Trinajstić information content (AvgIpc) is 2.19. The predicted octanol–water partition coefficient (Wildman–Crippen LogP) is 4.39. The van der Waals surface area contributed by atoms with Crippen LogP contribution in [0.25, 0.3) is 0 Å². The molecule has 0 spiro atoms. The van der Waals surface area contributed by atoms with Gasteiger partial charge in [0, 0.05) is 0 Å². The van der Waals surface area contributed by atoms with Crippen molar-refractivity contribution < 1.29 is 0 Å². The lowest BCUT2D eigenvalue weighted by Gasteiger charge is -2.41. The highest BCUT2D eigenvalue weighted by Gasteiger charge is 2.33. The lowest BCUT2D eigenvalue weighted by Crippen LogP contribution is -2.30. The summed E-state index contributed by atoms with van der Waals surface area (Å²) in [5.41, 5.74) is 0. The van der Waals surface area contributed by atoms with Crippen LogP contribution in [0.15, 0.2) is 0 Å². The molecule has 0 amide bonds. The molecule has 0 saturated heterocycles. The molecule has 2 fully saturated rings. The Morgan fingerprint density at radius 2 is 1.69 bits per heavy atom. The Morgan fingerprint density at radius 1 is 0.923 bits per heavy atom. The van der Waals surface area contributed by atoms with E-state index in [9.17, 15) is 0 Å². The van der Waals surface area contributed by atoms with Gasteiger partial charge in [-0.1, -0.05) is 58.3 Å². The molecule has 2 aliphatic rings. The van der Waals surface area contributed by atoms with Crippen molar-refractivity contribution in [3.8, 4) is 0 Å². The van der Waals surface area contributed by atoms with Gasteiger partial charge in [-0.2, -0.15) is 0 Å². The summed E-state index contributed by atoms with van der Waals surface area (Å²) < 4.78 is 0. The van der Waals surface area contributed by atoms with E-state index in [1.54, 1.807) is 25.7 Å². The minimum atomic E-state index is 1.11. The van der Waals surface area contributed by atoms with Crippen molar-refractivity contribution >= 4 is 0 Å². The van der Waals surface area contributed by atoms with E-state index in [-0.39, 0.29) is 0 Å². The second kappa shape index (κ2) is 4.48.